The molecule has 1 aliphatic carbocycles. The summed E-state index contributed by atoms with van der Waals surface area (Å²) < 4.78 is 26.3. The summed E-state index contributed by atoms with van der Waals surface area (Å²) in [5, 5.41) is 0. The Balaban J connectivity index is 2.30. The highest BCUT2D eigenvalue weighted by molar-refractivity contribution is 5.78. The van der Waals surface area contributed by atoms with E-state index in [0.717, 1.165) is 22.3 Å². The van der Waals surface area contributed by atoms with Gasteiger partial charge in [-0.15, -0.1) is 0 Å². The molecule has 0 fully saturated rings. The molecule has 80 valence electrons. The smallest absolute Gasteiger partial charge is 0.123 e. The van der Waals surface area contributed by atoms with Crippen molar-refractivity contribution in [2.45, 2.75) is 12.8 Å². The van der Waals surface area contributed by atoms with E-state index in [4.69, 9.17) is 0 Å². The highest BCUT2D eigenvalue weighted by atomic mass is 19.1. The van der Waals surface area contributed by atoms with Gasteiger partial charge in [0.25, 0.3) is 0 Å². The lowest BCUT2D eigenvalue weighted by atomic mass is 9.99. The van der Waals surface area contributed by atoms with Gasteiger partial charge in [0.2, 0.25) is 0 Å². The Morgan fingerprint density at radius 2 is 1.25 bits per heavy atom. The molecule has 0 saturated heterocycles. The van der Waals surface area contributed by atoms with Crippen molar-refractivity contribution >= 4 is 0 Å². The lowest BCUT2D eigenvalue weighted by Crippen LogP contribution is -1.90. The van der Waals surface area contributed by atoms with E-state index < -0.39 is 0 Å². The Hall–Kier alpha value is -1.70. The van der Waals surface area contributed by atoms with Crippen LogP contribution in [0.5, 0.6) is 0 Å². The first-order chi connectivity index (χ1) is 7.66. The molecule has 0 nitrogen and oxygen atoms in total. The van der Waals surface area contributed by atoms with E-state index in [1.54, 1.807) is 12.1 Å². The second-order valence-electron chi connectivity index (χ2n) is 4.18. The quantitative estimate of drug-likeness (QED) is 0.622. The van der Waals surface area contributed by atoms with E-state index in [-0.39, 0.29) is 17.6 Å². The van der Waals surface area contributed by atoms with Crippen molar-refractivity contribution in [3.05, 3.63) is 59.2 Å². The molecule has 2 heteroatoms. The average Bonchev–Trinajstić information content (AvgIpc) is 2.53. The van der Waals surface area contributed by atoms with Crippen LogP contribution in [0.15, 0.2) is 36.4 Å². The maximum atomic E-state index is 13.2. The summed E-state index contributed by atoms with van der Waals surface area (Å²) in [6.45, 7) is 1.98. The van der Waals surface area contributed by atoms with Crippen molar-refractivity contribution < 1.29 is 8.78 Å². The van der Waals surface area contributed by atoms with Gasteiger partial charge in [0, 0.05) is 5.92 Å². The number of halogens is 2. The van der Waals surface area contributed by atoms with Crippen LogP contribution in [-0.4, -0.2) is 0 Å². The Labute approximate surface area is 92.5 Å². The average molecular weight is 216 g/mol. The van der Waals surface area contributed by atoms with Gasteiger partial charge in [-0.05, 0) is 46.5 Å². The van der Waals surface area contributed by atoms with Gasteiger partial charge in [0.05, 0.1) is 0 Å². The third-order valence-corrected chi connectivity index (χ3v) is 3.25. The lowest BCUT2D eigenvalue weighted by Gasteiger charge is -2.05. The monoisotopic (exact) mass is 216 g/mol. The summed E-state index contributed by atoms with van der Waals surface area (Å²) in [7, 11) is 0. The SMILES string of the molecule is CC1c2cc(F)ccc2-c2ccc(F)cc21. The summed E-state index contributed by atoms with van der Waals surface area (Å²) >= 11 is 0. The minimum Gasteiger partial charge on any atom is -0.207 e. The molecule has 0 spiro atoms. The van der Waals surface area contributed by atoms with E-state index >= 15 is 0 Å². The highest BCUT2D eigenvalue weighted by Crippen LogP contribution is 2.44. The fraction of sp³-hybridized carbons (Fsp3) is 0.143. The predicted molar refractivity (Wildman–Crippen MR) is 59.3 cm³/mol. The Bertz CT molecular complexity index is 521. The molecule has 0 saturated carbocycles. The van der Waals surface area contributed by atoms with Gasteiger partial charge >= 0.3 is 0 Å². The summed E-state index contributed by atoms with van der Waals surface area (Å²) in [6, 6.07) is 9.51. The largest absolute Gasteiger partial charge is 0.207 e. The zero-order valence-electron chi connectivity index (χ0n) is 8.80. The fourth-order valence-electron chi connectivity index (χ4n) is 2.44. The molecular formula is C14H10F2. The minimum absolute atomic E-state index is 0.0661. The van der Waals surface area contributed by atoms with Crippen LogP contribution in [0.1, 0.15) is 24.0 Å². The Morgan fingerprint density at radius 3 is 1.69 bits per heavy atom. The van der Waals surface area contributed by atoms with Gasteiger partial charge in [-0.1, -0.05) is 19.1 Å². The molecule has 0 heterocycles. The van der Waals surface area contributed by atoms with Crippen LogP contribution >= 0.6 is 0 Å². The first kappa shape index (κ1) is 9.52. The third-order valence-electron chi connectivity index (χ3n) is 3.25. The third kappa shape index (κ3) is 1.19. The summed E-state index contributed by atoms with van der Waals surface area (Å²) in [5.74, 6) is -0.408. The van der Waals surface area contributed by atoms with Crippen molar-refractivity contribution in [3.8, 4) is 11.1 Å². The van der Waals surface area contributed by atoms with Crippen LogP contribution in [0.25, 0.3) is 11.1 Å². The molecule has 0 atom stereocenters. The maximum Gasteiger partial charge on any atom is 0.123 e. The molecule has 0 unspecified atom stereocenters. The van der Waals surface area contributed by atoms with Crippen LogP contribution in [0.2, 0.25) is 0 Å². The molecule has 3 rings (SSSR count). The van der Waals surface area contributed by atoms with E-state index in [1.165, 1.54) is 24.3 Å². The fourth-order valence-corrected chi connectivity index (χ4v) is 2.44. The molecule has 16 heavy (non-hydrogen) atoms. The van der Waals surface area contributed by atoms with Gasteiger partial charge in [-0.25, -0.2) is 8.78 Å². The Kier molecular flexibility index (Phi) is 1.87. The molecule has 0 bridgehead atoms. The maximum absolute atomic E-state index is 13.2. The molecule has 1 aliphatic rings. The van der Waals surface area contributed by atoms with E-state index in [0.29, 0.717) is 0 Å². The number of rotatable bonds is 0. The van der Waals surface area contributed by atoms with E-state index in [9.17, 15) is 8.78 Å². The topological polar surface area (TPSA) is 0 Å². The van der Waals surface area contributed by atoms with Crippen molar-refractivity contribution in [1.82, 2.24) is 0 Å². The number of fused-ring (bicyclic) bond motifs is 3. The zero-order chi connectivity index (χ0) is 11.3. The number of hydrogen-bond donors (Lipinski definition) is 0. The first-order valence-electron chi connectivity index (χ1n) is 5.26. The van der Waals surface area contributed by atoms with Crippen LogP contribution in [0.4, 0.5) is 8.78 Å². The summed E-state index contributed by atoms with van der Waals surface area (Å²) in [5.41, 5.74) is 3.93. The first-order valence-corrected chi connectivity index (χ1v) is 5.26. The molecule has 2 aromatic carbocycles. The standard InChI is InChI=1S/C14H10F2/c1-8-13-6-9(15)2-4-11(13)12-5-3-10(16)7-14(8)12/h2-8H,1H3. The molecule has 2 aromatic rings. The van der Waals surface area contributed by atoms with Gasteiger partial charge in [-0.2, -0.15) is 0 Å². The van der Waals surface area contributed by atoms with Gasteiger partial charge in [0.15, 0.2) is 0 Å². The van der Waals surface area contributed by atoms with Crippen LogP contribution < -0.4 is 0 Å². The van der Waals surface area contributed by atoms with Crippen LogP contribution in [0, 0.1) is 11.6 Å². The lowest BCUT2D eigenvalue weighted by molar-refractivity contribution is 0.623. The number of hydrogen-bond acceptors (Lipinski definition) is 0. The predicted octanol–water partition coefficient (Wildman–Crippen LogP) is 4.10. The van der Waals surface area contributed by atoms with Crippen LogP contribution in [0.3, 0.4) is 0 Å². The summed E-state index contributed by atoms with van der Waals surface area (Å²) in [6.07, 6.45) is 0. The van der Waals surface area contributed by atoms with Gasteiger partial charge < -0.3 is 0 Å². The van der Waals surface area contributed by atoms with Gasteiger partial charge in [0.1, 0.15) is 11.6 Å². The van der Waals surface area contributed by atoms with E-state index in [2.05, 4.69) is 0 Å². The summed E-state index contributed by atoms with van der Waals surface area (Å²) in [4.78, 5) is 0. The van der Waals surface area contributed by atoms with Crippen molar-refractivity contribution in [3.63, 3.8) is 0 Å². The highest BCUT2D eigenvalue weighted by Gasteiger charge is 2.25. The molecule has 0 radical (unpaired) electrons. The van der Waals surface area contributed by atoms with Gasteiger partial charge in [-0.3, -0.25) is 0 Å². The second kappa shape index (κ2) is 3.14. The zero-order valence-corrected chi connectivity index (χ0v) is 8.80. The van der Waals surface area contributed by atoms with Crippen molar-refractivity contribution in [2.24, 2.45) is 0 Å². The molecule has 0 aliphatic heterocycles. The minimum atomic E-state index is -0.237. The van der Waals surface area contributed by atoms with Crippen LogP contribution in [-0.2, 0) is 0 Å². The number of benzene rings is 2. The van der Waals surface area contributed by atoms with Crippen molar-refractivity contribution in [1.29, 1.82) is 0 Å². The van der Waals surface area contributed by atoms with E-state index in [1.807, 2.05) is 6.92 Å². The Morgan fingerprint density at radius 1 is 0.812 bits per heavy atom. The molecule has 0 N–H and O–H groups in total. The molecule has 0 aromatic heterocycles. The normalized spacial score (nSPS) is 13.7. The molecular weight excluding hydrogens is 206 g/mol. The second-order valence-corrected chi connectivity index (χ2v) is 4.18. The van der Waals surface area contributed by atoms with Crippen molar-refractivity contribution in [2.75, 3.05) is 0 Å². The molecule has 0 amide bonds.